The molecule has 1 aliphatic heterocycles. The van der Waals surface area contributed by atoms with E-state index in [0.717, 1.165) is 69.3 Å². The van der Waals surface area contributed by atoms with Crippen LogP contribution >= 0.6 is 0 Å². The first-order valence-corrected chi connectivity index (χ1v) is 10.1. The van der Waals surface area contributed by atoms with Crippen molar-refractivity contribution in [2.24, 2.45) is 11.8 Å². The van der Waals surface area contributed by atoms with Gasteiger partial charge in [0, 0.05) is 19.5 Å². The van der Waals surface area contributed by atoms with Gasteiger partial charge in [-0.15, -0.1) is 5.10 Å². The molecule has 2 aromatic rings. The predicted octanol–water partition coefficient (Wildman–Crippen LogP) is 1.83. The summed E-state index contributed by atoms with van der Waals surface area (Å²) in [6.07, 6.45) is 6.49. The predicted molar refractivity (Wildman–Crippen MR) is 102 cm³/mol. The number of likely N-dealkylation sites (tertiary alicyclic amines) is 1. The fraction of sp³-hybridized carbons (Fsp3) is 0.600. The van der Waals surface area contributed by atoms with Gasteiger partial charge in [-0.1, -0.05) is 18.2 Å². The first kappa shape index (κ1) is 18.1. The standard InChI is InChI=1S/C20H28N6O/c27-20(21-14-16-10-11-16)17-6-4-12-25(15-17)13-5-9-19-22-23-24-26(19)18-7-2-1-3-8-18/h1-3,7-8,16-17H,4-6,9-15H2,(H,21,27)/t17-/m0/s1. The second kappa shape index (κ2) is 8.61. The van der Waals surface area contributed by atoms with Gasteiger partial charge >= 0.3 is 0 Å². The summed E-state index contributed by atoms with van der Waals surface area (Å²) in [4.78, 5) is 14.8. The summed E-state index contributed by atoms with van der Waals surface area (Å²) in [5.74, 6) is 2.02. The number of hydrogen-bond donors (Lipinski definition) is 1. The lowest BCUT2D eigenvalue weighted by Crippen LogP contribution is -2.43. The van der Waals surface area contributed by atoms with Crippen molar-refractivity contribution in [3.05, 3.63) is 36.2 Å². The van der Waals surface area contributed by atoms with Gasteiger partial charge < -0.3 is 10.2 Å². The molecule has 4 rings (SSSR count). The van der Waals surface area contributed by atoms with Crippen molar-refractivity contribution >= 4 is 5.91 Å². The highest BCUT2D eigenvalue weighted by molar-refractivity contribution is 5.79. The first-order chi connectivity index (χ1) is 13.3. The Morgan fingerprint density at radius 1 is 1.19 bits per heavy atom. The molecule has 1 aromatic carbocycles. The molecule has 0 radical (unpaired) electrons. The van der Waals surface area contributed by atoms with Crippen molar-refractivity contribution < 1.29 is 4.79 Å². The lowest BCUT2D eigenvalue weighted by atomic mass is 9.97. The number of tetrazole rings is 1. The van der Waals surface area contributed by atoms with E-state index in [1.165, 1.54) is 12.8 Å². The molecule has 0 spiro atoms. The molecular weight excluding hydrogens is 340 g/mol. The number of para-hydroxylation sites is 1. The highest BCUT2D eigenvalue weighted by atomic mass is 16.1. The zero-order valence-corrected chi connectivity index (χ0v) is 15.8. The number of benzene rings is 1. The zero-order valence-electron chi connectivity index (χ0n) is 15.8. The molecule has 1 aliphatic carbocycles. The van der Waals surface area contributed by atoms with Crippen LogP contribution in [-0.2, 0) is 11.2 Å². The van der Waals surface area contributed by atoms with Crippen molar-refractivity contribution in [3.63, 3.8) is 0 Å². The number of carbonyl (C=O) groups excluding carboxylic acids is 1. The SMILES string of the molecule is O=C(NCC1CC1)[C@H]1CCCN(CCCc2nnnn2-c2ccccc2)C1. The molecule has 0 bridgehead atoms. The average molecular weight is 368 g/mol. The van der Waals surface area contributed by atoms with Gasteiger partial charge in [0.15, 0.2) is 5.82 Å². The van der Waals surface area contributed by atoms with E-state index in [4.69, 9.17) is 0 Å². The van der Waals surface area contributed by atoms with Gasteiger partial charge in [-0.25, -0.2) is 0 Å². The van der Waals surface area contributed by atoms with Gasteiger partial charge in [0.1, 0.15) is 0 Å². The van der Waals surface area contributed by atoms with E-state index in [0.29, 0.717) is 0 Å². The van der Waals surface area contributed by atoms with Crippen LogP contribution in [0.3, 0.4) is 0 Å². The van der Waals surface area contributed by atoms with Gasteiger partial charge in [-0.3, -0.25) is 4.79 Å². The summed E-state index contributed by atoms with van der Waals surface area (Å²) in [5, 5.41) is 15.3. The molecule has 1 saturated carbocycles. The molecule has 1 amide bonds. The lowest BCUT2D eigenvalue weighted by Gasteiger charge is -2.32. The normalized spacial score (nSPS) is 20.5. The van der Waals surface area contributed by atoms with Crippen LogP contribution in [0.4, 0.5) is 0 Å². The highest BCUT2D eigenvalue weighted by Crippen LogP contribution is 2.28. The first-order valence-electron chi connectivity index (χ1n) is 10.1. The number of amides is 1. The Morgan fingerprint density at radius 3 is 2.85 bits per heavy atom. The third-order valence-electron chi connectivity index (χ3n) is 5.55. The molecule has 2 fully saturated rings. The second-order valence-electron chi connectivity index (χ2n) is 7.77. The van der Waals surface area contributed by atoms with Crippen LogP contribution in [0.1, 0.15) is 37.9 Å². The average Bonchev–Trinajstić information content (AvgIpc) is 3.43. The van der Waals surface area contributed by atoms with Crippen LogP contribution < -0.4 is 5.32 Å². The molecule has 1 saturated heterocycles. The van der Waals surface area contributed by atoms with Crippen LogP contribution in [-0.4, -0.2) is 57.2 Å². The number of carbonyl (C=O) groups is 1. The third kappa shape index (κ3) is 4.91. The molecule has 7 nitrogen and oxygen atoms in total. The van der Waals surface area contributed by atoms with Crippen molar-refractivity contribution in [2.45, 2.75) is 38.5 Å². The number of nitrogens with zero attached hydrogens (tertiary/aromatic N) is 5. The lowest BCUT2D eigenvalue weighted by molar-refractivity contribution is -0.126. The van der Waals surface area contributed by atoms with Gasteiger partial charge in [-0.05, 0) is 73.7 Å². The maximum Gasteiger partial charge on any atom is 0.224 e. The molecular formula is C20H28N6O. The van der Waals surface area contributed by atoms with Crippen LogP contribution in [0.2, 0.25) is 0 Å². The summed E-state index contributed by atoms with van der Waals surface area (Å²) >= 11 is 0. The van der Waals surface area contributed by atoms with Crippen molar-refractivity contribution in [2.75, 3.05) is 26.2 Å². The quantitative estimate of drug-likeness (QED) is 0.769. The van der Waals surface area contributed by atoms with Crippen LogP contribution in [0.15, 0.2) is 30.3 Å². The summed E-state index contributed by atoms with van der Waals surface area (Å²) < 4.78 is 1.81. The summed E-state index contributed by atoms with van der Waals surface area (Å²) in [7, 11) is 0. The van der Waals surface area contributed by atoms with Crippen LogP contribution in [0.5, 0.6) is 0 Å². The minimum Gasteiger partial charge on any atom is -0.356 e. The Kier molecular flexibility index (Phi) is 5.77. The fourth-order valence-corrected chi connectivity index (χ4v) is 3.78. The van der Waals surface area contributed by atoms with E-state index in [9.17, 15) is 4.79 Å². The van der Waals surface area contributed by atoms with Gasteiger partial charge in [0.05, 0.1) is 11.6 Å². The zero-order chi connectivity index (χ0) is 18.5. The molecule has 1 atom stereocenters. The molecule has 144 valence electrons. The molecule has 1 aromatic heterocycles. The van der Waals surface area contributed by atoms with Crippen molar-refractivity contribution in [1.82, 2.24) is 30.4 Å². The Morgan fingerprint density at radius 2 is 2.04 bits per heavy atom. The Labute approximate surface area is 160 Å². The molecule has 27 heavy (non-hydrogen) atoms. The third-order valence-corrected chi connectivity index (χ3v) is 5.55. The van der Waals surface area contributed by atoms with Crippen LogP contribution in [0, 0.1) is 11.8 Å². The number of aryl methyl sites for hydroxylation is 1. The monoisotopic (exact) mass is 368 g/mol. The Balaban J connectivity index is 1.24. The van der Waals surface area contributed by atoms with Crippen molar-refractivity contribution in [1.29, 1.82) is 0 Å². The number of rotatable bonds is 8. The minimum atomic E-state index is 0.145. The van der Waals surface area contributed by atoms with Gasteiger partial charge in [-0.2, -0.15) is 4.68 Å². The number of nitrogens with one attached hydrogen (secondary N) is 1. The molecule has 2 aliphatic rings. The minimum absolute atomic E-state index is 0.145. The van der Waals surface area contributed by atoms with Gasteiger partial charge in [0.25, 0.3) is 0 Å². The Bertz CT molecular complexity index is 742. The largest absolute Gasteiger partial charge is 0.356 e. The van der Waals surface area contributed by atoms with E-state index in [1.807, 2.05) is 35.0 Å². The maximum atomic E-state index is 12.4. The molecule has 1 N–H and O–H groups in total. The number of piperidine rings is 1. The summed E-state index contributed by atoms with van der Waals surface area (Å²) in [5.41, 5.74) is 0.989. The van der Waals surface area contributed by atoms with E-state index < -0.39 is 0 Å². The summed E-state index contributed by atoms with van der Waals surface area (Å²) in [6, 6.07) is 9.98. The van der Waals surface area contributed by atoms with Gasteiger partial charge in [0.2, 0.25) is 5.91 Å². The maximum absolute atomic E-state index is 12.4. The smallest absolute Gasteiger partial charge is 0.224 e. The number of aromatic nitrogens is 4. The summed E-state index contributed by atoms with van der Waals surface area (Å²) in [6.45, 7) is 3.81. The fourth-order valence-electron chi connectivity index (χ4n) is 3.78. The Hall–Kier alpha value is -2.28. The molecule has 2 heterocycles. The topological polar surface area (TPSA) is 75.9 Å². The molecule has 7 heteroatoms. The van der Waals surface area contributed by atoms with E-state index in [1.54, 1.807) is 0 Å². The van der Waals surface area contributed by atoms with E-state index in [-0.39, 0.29) is 11.8 Å². The van der Waals surface area contributed by atoms with E-state index >= 15 is 0 Å². The van der Waals surface area contributed by atoms with E-state index in [2.05, 4.69) is 25.7 Å². The van der Waals surface area contributed by atoms with Crippen molar-refractivity contribution in [3.8, 4) is 5.69 Å². The van der Waals surface area contributed by atoms with Crippen LogP contribution in [0.25, 0.3) is 5.69 Å². The number of hydrogen-bond acceptors (Lipinski definition) is 5. The highest BCUT2D eigenvalue weighted by Gasteiger charge is 2.27. The molecule has 0 unspecified atom stereocenters. The second-order valence-corrected chi connectivity index (χ2v) is 7.77.